The Morgan fingerprint density at radius 1 is 1.14 bits per heavy atom. The number of alkyl halides is 3. The zero-order valence-electron chi connectivity index (χ0n) is 17.0. The number of alkyl carbamates (subject to hydrolysis) is 1. The molecule has 5 nitrogen and oxygen atoms in total. The molecule has 1 amide bonds. The first-order chi connectivity index (χ1) is 13.5. The van der Waals surface area contributed by atoms with Crippen LogP contribution in [0, 0.1) is 0 Å². The van der Waals surface area contributed by atoms with Gasteiger partial charge in [-0.1, -0.05) is 36.7 Å². The predicted octanol–water partition coefficient (Wildman–Crippen LogP) is 5.17. The van der Waals surface area contributed by atoms with Crippen LogP contribution in [0.4, 0.5) is 18.0 Å². The van der Waals surface area contributed by atoms with Gasteiger partial charge < -0.3 is 20.1 Å². The third-order valence-electron chi connectivity index (χ3n) is 3.58. The second-order valence-corrected chi connectivity index (χ2v) is 7.90. The van der Waals surface area contributed by atoms with Gasteiger partial charge in [0.1, 0.15) is 18.6 Å². The molecule has 0 aliphatic rings. The lowest BCUT2D eigenvalue weighted by Crippen LogP contribution is -2.33. The van der Waals surface area contributed by atoms with Gasteiger partial charge in [-0.2, -0.15) is 0 Å². The molecule has 0 atom stereocenters. The number of carbonyl (C=O) groups is 1. The number of nitrogens with one attached hydrogen (secondary N) is 2. The highest BCUT2D eigenvalue weighted by atomic mass is 35.5. The number of halogens is 4. The molecule has 0 bridgehead atoms. The lowest BCUT2D eigenvalue weighted by atomic mass is 9.70. The summed E-state index contributed by atoms with van der Waals surface area (Å²) in [4.78, 5) is 11.5. The first-order valence-corrected chi connectivity index (χ1v) is 9.87. The first kappa shape index (κ1) is 25.4. The van der Waals surface area contributed by atoms with Crippen molar-refractivity contribution >= 4 is 25.0 Å². The molecule has 0 aliphatic carbocycles. The summed E-state index contributed by atoms with van der Waals surface area (Å²) in [5.74, 6) is -0.405. The molecule has 0 aromatic heterocycles. The highest BCUT2D eigenvalue weighted by molar-refractivity contribution is 6.35. The van der Waals surface area contributed by atoms with E-state index in [1.165, 1.54) is 12.1 Å². The third-order valence-corrected chi connectivity index (χ3v) is 3.87. The summed E-state index contributed by atoms with van der Waals surface area (Å²) in [6.45, 7) is 7.29. The fraction of sp³-hybridized carbons (Fsp3) is 0.632. The number of rotatable bonds is 11. The maximum atomic E-state index is 12.2. The monoisotopic (exact) mass is 435 g/mol. The molecule has 163 valence electrons. The molecular weight excluding hydrogens is 407 g/mol. The van der Waals surface area contributed by atoms with Crippen LogP contribution in [0.2, 0.25) is 17.7 Å². The van der Waals surface area contributed by atoms with Crippen molar-refractivity contribution in [3.05, 3.63) is 28.8 Å². The van der Waals surface area contributed by atoms with Crippen LogP contribution in [-0.2, 0) is 11.3 Å². The Hall–Kier alpha value is -1.61. The number of benzene rings is 1. The van der Waals surface area contributed by atoms with E-state index < -0.39 is 23.8 Å². The van der Waals surface area contributed by atoms with E-state index in [1.807, 2.05) is 20.8 Å². The SMILES string of the molecule is CC(C)(C)OC(=O)NCCCC[B]CCNCc1ccc(OC(F)(F)F)c(Cl)c1. The maximum Gasteiger partial charge on any atom is 0.573 e. The van der Waals surface area contributed by atoms with E-state index in [2.05, 4.69) is 22.6 Å². The van der Waals surface area contributed by atoms with Gasteiger partial charge in [0.05, 0.1) is 5.02 Å². The molecule has 2 N–H and O–H groups in total. The normalized spacial score (nSPS) is 11.8. The molecule has 0 saturated carbocycles. The molecule has 1 aromatic carbocycles. The van der Waals surface area contributed by atoms with Crippen molar-refractivity contribution < 1.29 is 27.4 Å². The molecule has 0 unspecified atom stereocenters. The van der Waals surface area contributed by atoms with Gasteiger partial charge in [-0.15, -0.1) is 13.2 Å². The molecule has 10 heteroatoms. The minimum absolute atomic E-state index is 0.0758. The molecule has 0 spiro atoms. The Morgan fingerprint density at radius 2 is 1.86 bits per heavy atom. The van der Waals surface area contributed by atoms with Gasteiger partial charge in [0.2, 0.25) is 0 Å². The Labute approximate surface area is 175 Å². The largest absolute Gasteiger partial charge is 0.573 e. The Morgan fingerprint density at radius 3 is 2.48 bits per heavy atom. The fourth-order valence-corrected chi connectivity index (χ4v) is 2.60. The van der Waals surface area contributed by atoms with Gasteiger partial charge in [-0.3, -0.25) is 0 Å². The Balaban J connectivity index is 2.06. The van der Waals surface area contributed by atoms with E-state index in [4.69, 9.17) is 16.3 Å². The second-order valence-electron chi connectivity index (χ2n) is 7.49. The minimum atomic E-state index is -4.76. The average molecular weight is 436 g/mol. The topological polar surface area (TPSA) is 59.6 Å². The van der Waals surface area contributed by atoms with Crippen LogP contribution in [-0.4, -0.2) is 38.4 Å². The Bertz CT molecular complexity index is 640. The van der Waals surface area contributed by atoms with Crippen molar-refractivity contribution in [2.45, 2.75) is 64.8 Å². The van der Waals surface area contributed by atoms with Crippen LogP contribution in [0.1, 0.15) is 39.2 Å². The van der Waals surface area contributed by atoms with E-state index in [1.54, 1.807) is 6.07 Å². The maximum absolute atomic E-state index is 12.2. The Kier molecular flexibility index (Phi) is 10.7. The van der Waals surface area contributed by atoms with E-state index in [0.717, 1.165) is 37.6 Å². The number of ether oxygens (including phenoxy) is 2. The average Bonchev–Trinajstić information content (AvgIpc) is 2.56. The molecule has 1 radical (unpaired) electrons. The van der Waals surface area contributed by atoms with Crippen molar-refractivity contribution in [2.24, 2.45) is 0 Å². The fourth-order valence-electron chi connectivity index (χ4n) is 2.36. The molecular formula is C19H28BClF3N2O3. The van der Waals surface area contributed by atoms with E-state index in [-0.39, 0.29) is 5.02 Å². The van der Waals surface area contributed by atoms with Gasteiger partial charge in [-0.05, 0) is 51.4 Å². The van der Waals surface area contributed by atoms with Crippen LogP contribution < -0.4 is 15.4 Å². The number of hydrogen-bond acceptors (Lipinski definition) is 4. The number of hydrogen-bond donors (Lipinski definition) is 2. The zero-order valence-corrected chi connectivity index (χ0v) is 17.8. The lowest BCUT2D eigenvalue weighted by molar-refractivity contribution is -0.274. The number of unbranched alkanes of at least 4 members (excludes halogenated alkanes) is 1. The summed E-state index contributed by atoms with van der Waals surface area (Å²) < 4.78 is 45.6. The second kappa shape index (κ2) is 12.2. The molecule has 1 rings (SSSR count). The summed E-state index contributed by atoms with van der Waals surface area (Å²) in [6.07, 6.45) is -1.52. The van der Waals surface area contributed by atoms with E-state index in [0.29, 0.717) is 13.1 Å². The van der Waals surface area contributed by atoms with Gasteiger partial charge in [0.15, 0.2) is 0 Å². The van der Waals surface area contributed by atoms with Crippen LogP contribution in [0.25, 0.3) is 0 Å². The highest BCUT2D eigenvalue weighted by Crippen LogP contribution is 2.30. The zero-order chi connectivity index (χ0) is 21.9. The minimum Gasteiger partial charge on any atom is -0.444 e. The standard InChI is InChI=1S/C19H28BClF3N2O3/c1-18(2,3)29-17(27)26-10-5-4-8-20-9-11-25-13-14-6-7-16(15(21)12-14)28-19(22,23)24/h6-7,12,25H,4-5,8-11,13H2,1-3H3,(H,26,27). The summed E-state index contributed by atoms with van der Waals surface area (Å²) >= 11 is 5.82. The molecule has 0 fully saturated rings. The number of amides is 1. The predicted molar refractivity (Wildman–Crippen MR) is 109 cm³/mol. The van der Waals surface area contributed by atoms with Crippen LogP contribution >= 0.6 is 11.6 Å². The van der Waals surface area contributed by atoms with Crippen LogP contribution in [0.15, 0.2) is 18.2 Å². The first-order valence-electron chi connectivity index (χ1n) is 9.50. The summed E-state index contributed by atoms with van der Waals surface area (Å²) in [7, 11) is 2.16. The number of carbonyl (C=O) groups excluding carboxylic acids is 1. The van der Waals surface area contributed by atoms with Gasteiger partial charge in [-0.25, -0.2) is 4.79 Å². The summed E-state index contributed by atoms with van der Waals surface area (Å²) in [6, 6.07) is 4.21. The summed E-state index contributed by atoms with van der Waals surface area (Å²) in [5.41, 5.74) is 0.285. The van der Waals surface area contributed by atoms with Crippen molar-refractivity contribution in [2.75, 3.05) is 13.1 Å². The highest BCUT2D eigenvalue weighted by Gasteiger charge is 2.32. The molecule has 1 aromatic rings. The molecule has 0 aliphatic heterocycles. The van der Waals surface area contributed by atoms with Gasteiger partial charge >= 0.3 is 12.5 Å². The van der Waals surface area contributed by atoms with Gasteiger partial charge in [0.25, 0.3) is 0 Å². The van der Waals surface area contributed by atoms with Crippen LogP contribution in [0.3, 0.4) is 0 Å². The quantitative estimate of drug-likeness (QED) is 0.372. The summed E-state index contributed by atoms with van der Waals surface area (Å²) in [5, 5.41) is 5.85. The molecule has 29 heavy (non-hydrogen) atoms. The van der Waals surface area contributed by atoms with Crippen molar-refractivity contribution in [1.82, 2.24) is 10.6 Å². The molecule has 0 saturated heterocycles. The van der Waals surface area contributed by atoms with Crippen molar-refractivity contribution in [1.29, 1.82) is 0 Å². The van der Waals surface area contributed by atoms with Crippen LogP contribution in [0.5, 0.6) is 5.75 Å². The lowest BCUT2D eigenvalue weighted by Gasteiger charge is -2.19. The third kappa shape index (κ3) is 13.3. The van der Waals surface area contributed by atoms with Gasteiger partial charge in [0, 0.05) is 13.1 Å². The molecule has 0 heterocycles. The smallest absolute Gasteiger partial charge is 0.444 e. The van der Waals surface area contributed by atoms with E-state index in [9.17, 15) is 18.0 Å². The van der Waals surface area contributed by atoms with Crippen molar-refractivity contribution in [3.63, 3.8) is 0 Å². The van der Waals surface area contributed by atoms with Crippen molar-refractivity contribution in [3.8, 4) is 5.75 Å². The van der Waals surface area contributed by atoms with E-state index >= 15 is 0 Å².